The van der Waals surface area contributed by atoms with Gasteiger partial charge in [0, 0.05) is 6.42 Å². The van der Waals surface area contributed by atoms with Gasteiger partial charge in [0.1, 0.15) is 5.92 Å². The Morgan fingerprint density at radius 2 is 1.79 bits per heavy atom. The second-order valence-corrected chi connectivity index (χ2v) is 5.88. The van der Waals surface area contributed by atoms with Crippen molar-refractivity contribution in [1.29, 1.82) is 0 Å². The van der Waals surface area contributed by atoms with E-state index in [-0.39, 0.29) is 12.3 Å². The summed E-state index contributed by atoms with van der Waals surface area (Å²) in [5.74, 6) is -3.20. The summed E-state index contributed by atoms with van der Waals surface area (Å²) in [7, 11) is 0. The van der Waals surface area contributed by atoms with Gasteiger partial charge in [-0.25, -0.2) is 8.78 Å². The van der Waals surface area contributed by atoms with E-state index in [1.807, 2.05) is 0 Å². The highest BCUT2D eigenvalue weighted by Gasteiger charge is 2.46. The lowest BCUT2D eigenvalue weighted by Gasteiger charge is -2.28. The highest BCUT2D eigenvalue weighted by Crippen LogP contribution is 2.44. The van der Waals surface area contributed by atoms with Crippen molar-refractivity contribution in [3.63, 3.8) is 0 Å². The van der Waals surface area contributed by atoms with Crippen molar-refractivity contribution < 1.29 is 13.3 Å². The Kier molecular flexibility index (Phi) is 3.08. The molecule has 2 saturated carbocycles. The minimum absolute atomic E-state index is 0.0661. The zero-order valence-corrected chi connectivity index (χ0v) is 10.9. The van der Waals surface area contributed by atoms with Crippen LogP contribution in [-0.4, -0.2) is 16.1 Å². The molecule has 3 rings (SSSR count). The van der Waals surface area contributed by atoms with Gasteiger partial charge >= 0.3 is 0 Å². The Morgan fingerprint density at radius 1 is 1.11 bits per heavy atom. The van der Waals surface area contributed by atoms with Crippen LogP contribution in [0, 0.1) is 0 Å². The van der Waals surface area contributed by atoms with Crippen LogP contribution in [-0.2, 0) is 5.54 Å². The molecule has 4 nitrogen and oxygen atoms in total. The van der Waals surface area contributed by atoms with Gasteiger partial charge in [0.25, 0.3) is 5.92 Å². The molecule has 0 aromatic carbocycles. The molecule has 1 aromatic rings. The molecule has 1 heterocycles. The third kappa shape index (κ3) is 2.26. The Morgan fingerprint density at radius 3 is 2.47 bits per heavy atom. The standard InChI is InChI=1S/C13H19F2N3O/c14-13(15)8-2-1-5-9(13)10-17-11(18-19-10)12(16)6-3-4-7-12/h9H,1-8,16H2. The maximum Gasteiger partial charge on any atom is 0.259 e. The SMILES string of the molecule is NC1(c2noc(C3CCCCC3(F)F)n2)CCCC1. The molecule has 2 N–H and O–H groups in total. The molecule has 2 fully saturated rings. The second-order valence-electron chi connectivity index (χ2n) is 5.88. The van der Waals surface area contributed by atoms with E-state index in [0.717, 1.165) is 32.1 Å². The molecule has 0 bridgehead atoms. The van der Waals surface area contributed by atoms with Crippen LogP contribution >= 0.6 is 0 Å². The molecule has 19 heavy (non-hydrogen) atoms. The summed E-state index contributed by atoms with van der Waals surface area (Å²) < 4.78 is 32.9. The Balaban J connectivity index is 1.84. The van der Waals surface area contributed by atoms with Gasteiger partial charge in [-0.15, -0.1) is 0 Å². The van der Waals surface area contributed by atoms with Crippen LogP contribution in [0.25, 0.3) is 0 Å². The zero-order valence-electron chi connectivity index (χ0n) is 10.9. The number of halogens is 2. The predicted molar refractivity (Wildman–Crippen MR) is 64.8 cm³/mol. The minimum Gasteiger partial charge on any atom is -0.339 e. The molecule has 0 saturated heterocycles. The van der Waals surface area contributed by atoms with Crippen LogP contribution in [0.2, 0.25) is 0 Å². The third-order valence-corrected chi connectivity index (χ3v) is 4.44. The summed E-state index contributed by atoms with van der Waals surface area (Å²) in [6.07, 6.45) is 5.31. The lowest BCUT2D eigenvalue weighted by Crippen LogP contribution is -2.35. The van der Waals surface area contributed by atoms with Gasteiger partial charge < -0.3 is 10.3 Å². The number of aromatic nitrogens is 2. The molecular formula is C13H19F2N3O. The van der Waals surface area contributed by atoms with E-state index < -0.39 is 17.4 Å². The summed E-state index contributed by atoms with van der Waals surface area (Å²) in [4.78, 5) is 4.20. The lowest BCUT2D eigenvalue weighted by atomic mass is 9.85. The van der Waals surface area contributed by atoms with E-state index in [0.29, 0.717) is 18.7 Å². The number of hydrogen-bond donors (Lipinski definition) is 1. The fourth-order valence-corrected chi connectivity index (χ4v) is 3.21. The number of nitrogens with two attached hydrogens (primary N) is 1. The predicted octanol–water partition coefficient (Wildman–Crippen LogP) is 3.09. The van der Waals surface area contributed by atoms with E-state index in [2.05, 4.69) is 10.1 Å². The Labute approximate surface area is 110 Å². The molecule has 1 atom stereocenters. The third-order valence-electron chi connectivity index (χ3n) is 4.44. The first-order valence-electron chi connectivity index (χ1n) is 7.02. The summed E-state index contributed by atoms with van der Waals surface area (Å²) >= 11 is 0. The monoisotopic (exact) mass is 271 g/mol. The highest BCUT2D eigenvalue weighted by molar-refractivity contribution is 5.10. The first-order chi connectivity index (χ1) is 9.01. The fraction of sp³-hybridized carbons (Fsp3) is 0.846. The van der Waals surface area contributed by atoms with Crippen molar-refractivity contribution in [3.05, 3.63) is 11.7 Å². The van der Waals surface area contributed by atoms with Crippen molar-refractivity contribution in [2.45, 2.75) is 68.7 Å². The molecule has 0 aliphatic heterocycles. The second kappa shape index (κ2) is 4.51. The zero-order chi connectivity index (χ0) is 13.5. The van der Waals surface area contributed by atoms with Gasteiger partial charge in [-0.2, -0.15) is 4.98 Å². The van der Waals surface area contributed by atoms with Gasteiger partial charge in [-0.3, -0.25) is 0 Å². The Hall–Kier alpha value is -1.04. The fourth-order valence-electron chi connectivity index (χ4n) is 3.21. The number of rotatable bonds is 2. The number of nitrogens with zero attached hydrogens (tertiary/aromatic N) is 2. The largest absolute Gasteiger partial charge is 0.339 e. The summed E-state index contributed by atoms with van der Waals surface area (Å²) in [6.45, 7) is 0. The first-order valence-corrected chi connectivity index (χ1v) is 7.02. The first kappa shape index (κ1) is 13.0. The van der Waals surface area contributed by atoms with Crippen molar-refractivity contribution in [2.75, 3.05) is 0 Å². The van der Waals surface area contributed by atoms with Crippen molar-refractivity contribution in [3.8, 4) is 0 Å². The van der Waals surface area contributed by atoms with Crippen LogP contribution in [0.1, 0.15) is 69.0 Å². The van der Waals surface area contributed by atoms with Crippen LogP contribution < -0.4 is 5.73 Å². The van der Waals surface area contributed by atoms with Crippen LogP contribution in [0.5, 0.6) is 0 Å². The summed E-state index contributed by atoms with van der Waals surface area (Å²) in [5.41, 5.74) is 5.64. The maximum atomic E-state index is 13.9. The van der Waals surface area contributed by atoms with E-state index in [1.54, 1.807) is 0 Å². The minimum atomic E-state index is -2.74. The maximum absolute atomic E-state index is 13.9. The summed E-state index contributed by atoms with van der Waals surface area (Å²) in [5, 5.41) is 3.87. The average Bonchev–Trinajstić information content (AvgIpc) is 2.98. The molecule has 106 valence electrons. The van der Waals surface area contributed by atoms with Gasteiger partial charge in [-0.05, 0) is 25.7 Å². The van der Waals surface area contributed by atoms with E-state index >= 15 is 0 Å². The average molecular weight is 271 g/mol. The highest BCUT2D eigenvalue weighted by atomic mass is 19.3. The van der Waals surface area contributed by atoms with Crippen LogP contribution in [0.3, 0.4) is 0 Å². The lowest BCUT2D eigenvalue weighted by molar-refractivity contribution is -0.0630. The summed E-state index contributed by atoms with van der Waals surface area (Å²) in [6, 6.07) is 0. The topological polar surface area (TPSA) is 64.9 Å². The number of alkyl halides is 2. The molecule has 2 aliphatic rings. The van der Waals surface area contributed by atoms with Crippen LogP contribution in [0.15, 0.2) is 4.52 Å². The van der Waals surface area contributed by atoms with Crippen molar-refractivity contribution in [2.24, 2.45) is 5.73 Å². The molecular weight excluding hydrogens is 252 g/mol. The van der Waals surface area contributed by atoms with Gasteiger partial charge in [-0.1, -0.05) is 24.4 Å². The molecule has 0 radical (unpaired) electrons. The molecule has 1 unspecified atom stereocenters. The van der Waals surface area contributed by atoms with Crippen molar-refractivity contribution in [1.82, 2.24) is 10.1 Å². The van der Waals surface area contributed by atoms with E-state index in [9.17, 15) is 8.78 Å². The Bertz CT molecular complexity index is 454. The van der Waals surface area contributed by atoms with Crippen LogP contribution in [0.4, 0.5) is 8.78 Å². The molecule has 1 aromatic heterocycles. The van der Waals surface area contributed by atoms with Crippen molar-refractivity contribution >= 4 is 0 Å². The van der Waals surface area contributed by atoms with E-state index in [1.165, 1.54) is 0 Å². The molecule has 2 aliphatic carbocycles. The van der Waals surface area contributed by atoms with Gasteiger partial charge in [0.2, 0.25) is 5.89 Å². The molecule has 0 spiro atoms. The quantitative estimate of drug-likeness (QED) is 0.897. The van der Waals surface area contributed by atoms with Gasteiger partial charge in [0.05, 0.1) is 5.54 Å². The van der Waals surface area contributed by atoms with Gasteiger partial charge in [0.15, 0.2) is 5.82 Å². The smallest absolute Gasteiger partial charge is 0.259 e. The molecule has 0 amide bonds. The van der Waals surface area contributed by atoms with E-state index in [4.69, 9.17) is 10.3 Å². The normalized spacial score (nSPS) is 29.5. The molecule has 6 heteroatoms. The number of hydrogen-bond acceptors (Lipinski definition) is 4.